The zero-order chi connectivity index (χ0) is 46.4. The first-order chi connectivity index (χ1) is 31.8. The first-order valence-corrected chi connectivity index (χ1v) is 22.1. The van der Waals surface area contributed by atoms with Gasteiger partial charge in [0, 0.05) is 43.7 Å². The standard InChI is InChI=1S/C23H21NO3.C23H19NO3.C4H8O.C2H6.2CH4.Mn.2O/c2*25-14-17-7-5-6-16(12-17)13-24-23(26)27-15-22-20-10-3-1-8-18(20)19-9-2-4-11-21(19)22;1-2-4-5-3-1;1-2;;;;;/h1-12,22,25H,13-15H2,(H,24,26);1-12,14,22H,13,15H2,(H,24,26);1-4H2;1-2H3;2*1H4;;;/i;;3D;;;;;;. The maximum absolute atomic E-state index is 12.2. The quantitative estimate of drug-likeness (QED) is 0.0898. The van der Waals surface area contributed by atoms with Crippen LogP contribution < -0.4 is 10.6 Å². The van der Waals surface area contributed by atoms with E-state index >= 15 is 0 Å². The van der Waals surface area contributed by atoms with Gasteiger partial charge < -0.3 is 30.0 Å². The molecule has 1 fully saturated rings. The van der Waals surface area contributed by atoms with Gasteiger partial charge in [-0.2, -0.15) is 0 Å². The number of fused-ring (bicyclic) bond motifs is 6. The summed E-state index contributed by atoms with van der Waals surface area (Å²) in [5.41, 5.74) is 12.8. The van der Waals surface area contributed by atoms with E-state index in [2.05, 4.69) is 59.2 Å². The molecular formula is C54H62MnN2O9. The third-order valence-electron chi connectivity index (χ3n) is 10.5. The summed E-state index contributed by atoms with van der Waals surface area (Å²) in [5.74, 6) is 0.0995. The van der Waals surface area contributed by atoms with Gasteiger partial charge in [0.05, 0.1) is 7.98 Å². The number of aliphatic hydroxyl groups excluding tert-OH is 1. The van der Waals surface area contributed by atoms with Crippen LogP contribution in [0.25, 0.3) is 22.3 Å². The van der Waals surface area contributed by atoms with Crippen molar-refractivity contribution in [3.8, 4) is 22.3 Å². The van der Waals surface area contributed by atoms with E-state index in [0.29, 0.717) is 25.3 Å². The molecule has 3 aliphatic rings. The molecule has 11 nitrogen and oxygen atoms in total. The van der Waals surface area contributed by atoms with Crippen molar-refractivity contribution in [2.75, 3.05) is 26.4 Å². The molecule has 2 amide bonds. The minimum absolute atomic E-state index is 0. The minimum atomic E-state index is -1.44. The number of ether oxygens (including phenoxy) is 3. The van der Waals surface area contributed by atoms with Crippen molar-refractivity contribution in [1.82, 2.24) is 10.6 Å². The Labute approximate surface area is 396 Å². The van der Waals surface area contributed by atoms with Gasteiger partial charge in [0.15, 0.2) is 0 Å². The monoisotopic (exact) mass is 938 g/mol. The van der Waals surface area contributed by atoms with Crippen LogP contribution in [-0.4, -0.2) is 50.0 Å². The van der Waals surface area contributed by atoms with Crippen LogP contribution in [0.4, 0.5) is 9.59 Å². The summed E-state index contributed by atoms with van der Waals surface area (Å²) in [5, 5.41) is 14.7. The Morgan fingerprint density at radius 3 is 1.39 bits per heavy atom. The Morgan fingerprint density at radius 2 is 1.03 bits per heavy atom. The van der Waals surface area contributed by atoms with Gasteiger partial charge in [0.25, 0.3) is 0 Å². The van der Waals surface area contributed by atoms with Crippen molar-refractivity contribution in [3.05, 3.63) is 190 Å². The van der Waals surface area contributed by atoms with Crippen LogP contribution in [0.15, 0.2) is 146 Å². The van der Waals surface area contributed by atoms with Gasteiger partial charge in [-0.1, -0.05) is 168 Å². The van der Waals surface area contributed by atoms with Crippen LogP contribution in [0.5, 0.6) is 0 Å². The molecule has 0 radical (unpaired) electrons. The molecule has 3 N–H and O–H groups in total. The van der Waals surface area contributed by atoms with Crippen molar-refractivity contribution in [2.45, 2.75) is 73.1 Å². The molecule has 0 bridgehead atoms. The van der Waals surface area contributed by atoms with Crippen molar-refractivity contribution in [3.63, 3.8) is 0 Å². The SMILES string of the molecule is C.C.CC.O=C(NCc1cccc(CO)c1)OCC1c2ccccc2-c2ccccc21.O=Cc1cccc(CNC(=O)OCC2c3ccccc3-c3ccccc32)c1.[2H]C1CCCO1.[O]=[Mn]=[O]. The van der Waals surface area contributed by atoms with Gasteiger partial charge in [-0.05, 0) is 80.1 Å². The van der Waals surface area contributed by atoms with Crippen LogP contribution in [0.3, 0.4) is 0 Å². The number of hydrogen-bond acceptors (Lipinski definition) is 9. The van der Waals surface area contributed by atoms with E-state index in [1.165, 1.54) is 44.5 Å². The maximum atomic E-state index is 12.2. The molecule has 9 rings (SSSR count). The molecular weight excluding hydrogens is 876 g/mol. The molecule has 1 heterocycles. The molecule has 0 saturated carbocycles. The molecule has 349 valence electrons. The molecule has 1 unspecified atom stereocenters. The number of carbonyl (C=O) groups is 3. The van der Waals surface area contributed by atoms with Crippen LogP contribution in [0.1, 0.15) is 104 Å². The van der Waals surface area contributed by atoms with E-state index in [1.54, 1.807) is 18.2 Å². The summed E-state index contributed by atoms with van der Waals surface area (Å²) in [4.78, 5) is 35.2. The van der Waals surface area contributed by atoms with Crippen molar-refractivity contribution in [2.24, 2.45) is 0 Å². The van der Waals surface area contributed by atoms with E-state index in [1.807, 2.05) is 92.7 Å². The second kappa shape index (κ2) is 29.2. The Balaban J connectivity index is 0.000000284. The fraction of sp³-hybridized carbons (Fsp3) is 0.278. The zero-order valence-electron chi connectivity index (χ0n) is 36.9. The number of benzene rings is 6. The number of aldehydes is 1. The molecule has 2 aliphatic carbocycles. The summed E-state index contributed by atoms with van der Waals surface area (Å²) >= 11 is -1.44. The summed E-state index contributed by atoms with van der Waals surface area (Å²) in [6.45, 7) is 5.85. The van der Waals surface area contributed by atoms with E-state index in [4.69, 9.17) is 23.3 Å². The Hall–Kier alpha value is -6.43. The van der Waals surface area contributed by atoms with E-state index in [0.717, 1.165) is 42.4 Å². The van der Waals surface area contributed by atoms with E-state index in [-0.39, 0.29) is 46.5 Å². The fourth-order valence-electron chi connectivity index (χ4n) is 7.68. The summed E-state index contributed by atoms with van der Waals surface area (Å²) < 4.78 is 39.6. The average Bonchev–Trinajstić information content (AvgIpc) is 4.07. The third kappa shape index (κ3) is 15.1. The molecule has 1 aliphatic heterocycles. The first kappa shape index (κ1) is 52.2. The molecule has 66 heavy (non-hydrogen) atoms. The first-order valence-electron chi connectivity index (χ1n) is 21.7. The number of nitrogens with one attached hydrogen (secondary N) is 2. The normalized spacial score (nSPS) is 13.4. The fourth-order valence-corrected chi connectivity index (χ4v) is 7.68. The van der Waals surface area contributed by atoms with Crippen molar-refractivity contribution in [1.29, 1.82) is 0 Å². The molecule has 12 heteroatoms. The van der Waals surface area contributed by atoms with Gasteiger partial charge >= 0.3 is 34.7 Å². The average molecular weight is 939 g/mol. The Morgan fingerprint density at radius 1 is 0.636 bits per heavy atom. The van der Waals surface area contributed by atoms with Crippen molar-refractivity contribution < 1.29 is 57.6 Å². The molecule has 0 aromatic heterocycles. The Kier molecular flexibility index (Phi) is 23.1. The van der Waals surface area contributed by atoms with Crippen LogP contribution in [0.2, 0.25) is 0 Å². The molecule has 1 atom stereocenters. The number of hydrogen-bond donors (Lipinski definition) is 3. The third-order valence-corrected chi connectivity index (χ3v) is 10.5. The zero-order valence-corrected chi connectivity index (χ0v) is 37.1. The van der Waals surface area contributed by atoms with E-state index < -0.39 is 27.0 Å². The predicted molar refractivity (Wildman–Crippen MR) is 254 cm³/mol. The van der Waals surface area contributed by atoms with Crippen LogP contribution >= 0.6 is 0 Å². The van der Waals surface area contributed by atoms with Gasteiger partial charge in [-0.25, -0.2) is 9.59 Å². The summed E-state index contributed by atoms with van der Waals surface area (Å²) in [6, 6.07) is 47.6. The van der Waals surface area contributed by atoms with Crippen LogP contribution in [0, 0.1) is 0 Å². The molecule has 0 spiro atoms. The van der Waals surface area contributed by atoms with Gasteiger partial charge in [0.1, 0.15) is 19.5 Å². The summed E-state index contributed by atoms with van der Waals surface area (Å²) in [6.07, 6.45) is 1.89. The number of amides is 2. The predicted octanol–water partition coefficient (Wildman–Crippen LogP) is 11.6. The summed E-state index contributed by atoms with van der Waals surface area (Å²) in [7, 11) is 0. The topological polar surface area (TPSA) is 157 Å². The van der Waals surface area contributed by atoms with Gasteiger partial charge in [-0.3, -0.25) is 4.79 Å². The number of aliphatic hydroxyl groups is 1. The second-order valence-electron chi connectivity index (χ2n) is 14.4. The number of rotatable bonds is 10. The van der Waals surface area contributed by atoms with Gasteiger partial charge in [-0.15, -0.1) is 0 Å². The van der Waals surface area contributed by atoms with E-state index in [9.17, 15) is 19.5 Å². The van der Waals surface area contributed by atoms with Gasteiger partial charge in [0.2, 0.25) is 0 Å². The number of carbonyl (C=O) groups excluding carboxylic acids is 3. The second-order valence-corrected chi connectivity index (χ2v) is 14.6. The molecule has 1 saturated heterocycles. The number of alkyl carbamates (subject to hydrolysis) is 2. The molecule has 6 aromatic carbocycles. The van der Waals surface area contributed by atoms with Crippen LogP contribution in [-0.2, 0) is 56.4 Å². The van der Waals surface area contributed by atoms with Crippen molar-refractivity contribution >= 4 is 18.5 Å². The Bertz CT molecular complexity index is 2430. The molecule has 6 aromatic rings.